The SMILES string of the molecule is CC(O)C(=O)OCC(CO)(CO)CO. The Morgan fingerprint density at radius 3 is 2.00 bits per heavy atom. The zero-order valence-corrected chi connectivity index (χ0v) is 8.01. The third-order valence-corrected chi connectivity index (χ3v) is 1.87. The number of carbonyl (C=O) groups is 1. The van der Waals surface area contributed by atoms with Crippen LogP contribution in [0.25, 0.3) is 0 Å². The lowest BCUT2D eigenvalue weighted by atomic mass is 9.93. The van der Waals surface area contributed by atoms with Crippen LogP contribution in [0.15, 0.2) is 0 Å². The number of aliphatic hydroxyl groups is 4. The summed E-state index contributed by atoms with van der Waals surface area (Å²) >= 11 is 0. The highest BCUT2D eigenvalue weighted by Crippen LogP contribution is 2.15. The van der Waals surface area contributed by atoms with Crippen molar-refractivity contribution < 1.29 is 30.0 Å². The average molecular weight is 208 g/mol. The molecule has 1 atom stereocenters. The number of esters is 1. The Kier molecular flexibility index (Phi) is 5.63. The zero-order valence-electron chi connectivity index (χ0n) is 8.01. The van der Waals surface area contributed by atoms with Gasteiger partial charge in [0.25, 0.3) is 0 Å². The predicted octanol–water partition coefficient (Wildman–Crippen LogP) is -2.13. The Hall–Kier alpha value is -0.690. The van der Waals surface area contributed by atoms with Crippen molar-refractivity contribution >= 4 is 5.97 Å². The molecule has 0 aromatic rings. The van der Waals surface area contributed by atoms with Crippen molar-refractivity contribution in [1.82, 2.24) is 0 Å². The van der Waals surface area contributed by atoms with Gasteiger partial charge in [0.15, 0.2) is 0 Å². The molecule has 0 aliphatic rings. The van der Waals surface area contributed by atoms with Crippen LogP contribution in [0.3, 0.4) is 0 Å². The van der Waals surface area contributed by atoms with Gasteiger partial charge < -0.3 is 25.2 Å². The van der Waals surface area contributed by atoms with Gasteiger partial charge in [-0.3, -0.25) is 0 Å². The van der Waals surface area contributed by atoms with E-state index in [2.05, 4.69) is 4.74 Å². The molecule has 0 aliphatic carbocycles. The topological polar surface area (TPSA) is 107 Å². The van der Waals surface area contributed by atoms with Gasteiger partial charge in [0.2, 0.25) is 0 Å². The maximum absolute atomic E-state index is 10.8. The summed E-state index contributed by atoms with van der Waals surface area (Å²) in [7, 11) is 0. The van der Waals surface area contributed by atoms with Gasteiger partial charge in [-0.15, -0.1) is 0 Å². The van der Waals surface area contributed by atoms with E-state index in [0.29, 0.717) is 0 Å². The van der Waals surface area contributed by atoms with Gasteiger partial charge >= 0.3 is 5.97 Å². The Morgan fingerprint density at radius 2 is 1.71 bits per heavy atom. The van der Waals surface area contributed by atoms with E-state index in [9.17, 15) is 4.79 Å². The van der Waals surface area contributed by atoms with Gasteiger partial charge in [0.1, 0.15) is 12.7 Å². The molecule has 0 aromatic carbocycles. The fourth-order valence-corrected chi connectivity index (χ4v) is 0.632. The highest BCUT2D eigenvalue weighted by Gasteiger charge is 2.30. The van der Waals surface area contributed by atoms with Gasteiger partial charge in [-0.1, -0.05) is 0 Å². The van der Waals surface area contributed by atoms with E-state index in [1.165, 1.54) is 6.92 Å². The molecule has 0 aliphatic heterocycles. The normalized spacial score (nSPS) is 13.8. The van der Waals surface area contributed by atoms with E-state index in [1.807, 2.05) is 0 Å². The molecule has 0 spiro atoms. The second kappa shape index (κ2) is 5.92. The Labute approximate surface area is 81.7 Å². The zero-order chi connectivity index (χ0) is 11.2. The Bertz CT molecular complexity index is 166. The molecule has 0 saturated carbocycles. The number of carbonyl (C=O) groups excluding carboxylic acids is 1. The van der Waals surface area contributed by atoms with Crippen LogP contribution in [-0.4, -0.2) is 58.9 Å². The van der Waals surface area contributed by atoms with Gasteiger partial charge in [0.05, 0.1) is 25.2 Å². The smallest absolute Gasteiger partial charge is 0.334 e. The lowest BCUT2D eigenvalue weighted by Crippen LogP contribution is -2.40. The average Bonchev–Trinajstić information content (AvgIpc) is 2.20. The molecule has 6 nitrogen and oxygen atoms in total. The molecule has 0 rings (SSSR count). The van der Waals surface area contributed by atoms with E-state index in [-0.39, 0.29) is 6.61 Å². The maximum Gasteiger partial charge on any atom is 0.334 e. The number of aliphatic hydroxyl groups excluding tert-OH is 4. The van der Waals surface area contributed by atoms with Crippen molar-refractivity contribution in [1.29, 1.82) is 0 Å². The van der Waals surface area contributed by atoms with Crippen molar-refractivity contribution in [3.63, 3.8) is 0 Å². The number of hydrogen-bond acceptors (Lipinski definition) is 6. The van der Waals surface area contributed by atoms with Gasteiger partial charge in [-0.05, 0) is 6.92 Å². The molecule has 4 N–H and O–H groups in total. The molecule has 14 heavy (non-hydrogen) atoms. The summed E-state index contributed by atoms with van der Waals surface area (Å²) < 4.78 is 4.57. The molecule has 6 heteroatoms. The fourth-order valence-electron chi connectivity index (χ4n) is 0.632. The van der Waals surface area contributed by atoms with Crippen LogP contribution in [0.4, 0.5) is 0 Å². The summed E-state index contributed by atoms with van der Waals surface area (Å²) in [4.78, 5) is 10.8. The molecule has 84 valence electrons. The van der Waals surface area contributed by atoms with Crippen LogP contribution >= 0.6 is 0 Å². The summed E-state index contributed by atoms with van der Waals surface area (Å²) in [6.07, 6.45) is -1.26. The largest absolute Gasteiger partial charge is 0.463 e. The molecule has 1 unspecified atom stereocenters. The minimum absolute atomic E-state index is 0.333. The van der Waals surface area contributed by atoms with Crippen molar-refractivity contribution in [2.75, 3.05) is 26.4 Å². The van der Waals surface area contributed by atoms with Crippen LogP contribution < -0.4 is 0 Å². The van der Waals surface area contributed by atoms with E-state index < -0.39 is 37.3 Å². The molecule has 0 heterocycles. The number of ether oxygens (including phenoxy) is 1. The van der Waals surface area contributed by atoms with Crippen molar-refractivity contribution in [3.05, 3.63) is 0 Å². The maximum atomic E-state index is 10.8. The number of rotatable bonds is 6. The molecular formula is C8H16O6. The van der Waals surface area contributed by atoms with E-state index >= 15 is 0 Å². The quantitative estimate of drug-likeness (QED) is 0.371. The summed E-state index contributed by atoms with van der Waals surface area (Å²) in [6.45, 7) is -0.617. The van der Waals surface area contributed by atoms with Crippen molar-refractivity contribution in [2.24, 2.45) is 5.41 Å². The highest BCUT2D eigenvalue weighted by atomic mass is 16.5. The summed E-state index contributed by atoms with van der Waals surface area (Å²) in [5.74, 6) is -0.857. The monoisotopic (exact) mass is 208 g/mol. The van der Waals surface area contributed by atoms with Crippen LogP contribution in [0, 0.1) is 5.41 Å². The minimum Gasteiger partial charge on any atom is -0.463 e. The lowest BCUT2D eigenvalue weighted by Gasteiger charge is -2.26. The molecule has 0 saturated heterocycles. The molecule has 0 radical (unpaired) electrons. The minimum atomic E-state index is -1.26. The van der Waals surface area contributed by atoms with Crippen LogP contribution in [-0.2, 0) is 9.53 Å². The highest BCUT2D eigenvalue weighted by molar-refractivity contribution is 5.73. The second-order valence-electron chi connectivity index (χ2n) is 3.26. The van der Waals surface area contributed by atoms with Gasteiger partial charge in [0, 0.05) is 0 Å². The molecule has 0 bridgehead atoms. The lowest BCUT2D eigenvalue weighted by molar-refractivity contribution is -0.160. The molecule has 0 fully saturated rings. The molecule has 0 amide bonds. The summed E-state index contributed by atoms with van der Waals surface area (Å²) in [5, 5.41) is 35.3. The van der Waals surface area contributed by atoms with E-state index in [4.69, 9.17) is 20.4 Å². The first-order valence-electron chi connectivity index (χ1n) is 4.18. The first-order chi connectivity index (χ1) is 6.51. The third-order valence-electron chi connectivity index (χ3n) is 1.87. The number of hydrogen-bond donors (Lipinski definition) is 4. The Balaban J connectivity index is 4.12. The van der Waals surface area contributed by atoms with Gasteiger partial charge in [-0.25, -0.2) is 4.79 Å². The summed E-state index contributed by atoms with van der Waals surface area (Å²) in [5.41, 5.74) is -1.25. The first kappa shape index (κ1) is 13.3. The van der Waals surface area contributed by atoms with Gasteiger partial charge in [-0.2, -0.15) is 0 Å². The van der Waals surface area contributed by atoms with Crippen LogP contribution in [0.5, 0.6) is 0 Å². The van der Waals surface area contributed by atoms with Crippen LogP contribution in [0.2, 0.25) is 0 Å². The van der Waals surface area contributed by atoms with E-state index in [1.54, 1.807) is 0 Å². The second-order valence-corrected chi connectivity index (χ2v) is 3.26. The van der Waals surface area contributed by atoms with E-state index in [0.717, 1.165) is 0 Å². The Morgan fingerprint density at radius 1 is 1.29 bits per heavy atom. The predicted molar refractivity (Wildman–Crippen MR) is 46.3 cm³/mol. The third kappa shape index (κ3) is 3.59. The van der Waals surface area contributed by atoms with Crippen LogP contribution in [0.1, 0.15) is 6.92 Å². The summed E-state index contributed by atoms with van der Waals surface area (Å²) in [6, 6.07) is 0. The molecule has 0 aromatic heterocycles. The van der Waals surface area contributed by atoms with Crippen molar-refractivity contribution in [3.8, 4) is 0 Å². The fraction of sp³-hybridized carbons (Fsp3) is 0.875. The standard InChI is InChI=1S/C8H16O6/c1-6(12)7(13)14-5-8(2-9,3-10)4-11/h6,9-12H,2-5H2,1H3. The first-order valence-corrected chi connectivity index (χ1v) is 4.18. The molecular weight excluding hydrogens is 192 g/mol. The van der Waals surface area contributed by atoms with Crippen molar-refractivity contribution in [2.45, 2.75) is 13.0 Å².